The summed E-state index contributed by atoms with van der Waals surface area (Å²) in [5.41, 5.74) is 0.437. The molecule has 0 aliphatic rings. The van der Waals surface area contributed by atoms with Crippen LogP contribution in [0, 0.1) is 11.3 Å². The van der Waals surface area contributed by atoms with Crippen molar-refractivity contribution in [3.05, 3.63) is 48.0 Å². The van der Waals surface area contributed by atoms with Crippen LogP contribution < -0.4 is 5.32 Å². The molecule has 0 spiro atoms. The zero-order valence-corrected chi connectivity index (χ0v) is 12.7. The van der Waals surface area contributed by atoms with E-state index in [0.717, 1.165) is 10.8 Å². The van der Waals surface area contributed by atoms with Crippen LogP contribution in [0.3, 0.4) is 0 Å². The second-order valence-electron chi connectivity index (χ2n) is 5.33. The summed E-state index contributed by atoms with van der Waals surface area (Å²) in [6.45, 7) is 0. The van der Waals surface area contributed by atoms with Gasteiger partial charge in [-0.3, -0.25) is 4.79 Å². The Morgan fingerprint density at radius 1 is 1.13 bits per heavy atom. The molecule has 0 heterocycles. The number of nitrogens with one attached hydrogen (secondary N) is 1. The predicted octanol–water partition coefficient (Wildman–Crippen LogP) is 3.11. The molecular formula is C18H18N2O3. The van der Waals surface area contributed by atoms with E-state index in [9.17, 15) is 14.7 Å². The third-order valence-corrected chi connectivity index (χ3v) is 3.65. The Labute approximate surface area is 134 Å². The summed E-state index contributed by atoms with van der Waals surface area (Å²) < 4.78 is 0. The van der Waals surface area contributed by atoms with Gasteiger partial charge in [-0.15, -0.1) is 0 Å². The van der Waals surface area contributed by atoms with Gasteiger partial charge in [0.25, 0.3) is 5.91 Å². The molecule has 5 heteroatoms. The van der Waals surface area contributed by atoms with Gasteiger partial charge in [-0.05, 0) is 42.2 Å². The molecule has 2 aromatic rings. The van der Waals surface area contributed by atoms with Crippen molar-refractivity contribution in [3.8, 4) is 6.07 Å². The number of nitrogens with zero attached hydrogens (tertiary/aromatic N) is 1. The number of amides is 1. The van der Waals surface area contributed by atoms with Crippen LogP contribution in [0.2, 0.25) is 0 Å². The maximum absolute atomic E-state index is 12.3. The molecule has 2 rings (SSSR count). The molecule has 5 nitrogen and oxygen atoms in total. The van der Waals surface area contributed by atoms with E-state index in [-0.39, 0.29) is 0 Å². The van der Waals surface area contributed by atoms with E-state index < -0.39 is 17.9 Å². The third kappa shape index (κ3) is 4.55. The SMILES string of the molecule is N#CCCCC[C@@H](NC(=O)c1ccc2ccccc2c1)C(=O)O. The molecule has 118 valence electrons. The first-order valence-electron chi connectivity index (χ1n) is 7.51. The van der Waals surface area contributed by atoms with Crippen LogP contribution in [-0.4, -0.2) is 23.0 Å². The van der Waals surface area contributed by atoms with Crippen LogP contribution in [0.15, 0.2) is 42.5 Å². The molecule has 0 aliphatic heterocycles. The largest absolute Gasteiger partial charge is 0.480 e. The zero-order chi connectivity index (χ0) is 16.7. The van der Waals surface area contributed by atoms with Crippen molar-refractivity contribution in [1.82, 2.24) is 5.32 Å². The number of rotatable bonds is 7. The van der Waals surface area contributed by atoms with Crippen molar-refractivity contribution in [1.29, 1.82) is 5.26 Å². The van der Waals surface area contributed by atoms with Gasteiger partial charge in [-0.2, -0.15) is 5.26 Å². The quantitative estimate of drug-likeness (QED) is 0.769. The molecule has 0 saturated heterocycles. The van der Waals surface area contributed by atoms with Crippen molar-refractivity contribution in [2.75, 3.05) is 0 Å². The molecule has 2 aromatic carbocycles. The number of unbranched alkanes of at least 4 members (excludes halogenated alkanes) is 2. The van der Waals surface area contributed by atoms with Gasteiger partial charge < -0.3 is 10.4 Å². The maximum Gasteiger partial charge on any atom is 0.326 e. The summed E-state index contributed by atoms with van der Waals surface area (Å²) in [6, 6.07) is 14.0. The molecule has 1 atom stereocenters. The minimum atomic E-state index is -1.06. The summed E-state index contributed by atoms with van der Waals surface area (Å²) in [4.78, 5) is 23.5. The normalized spacial score (nSPS) is 11.6. The van der Waals surface area contributed by atoms with Crippen molar-refractivity contribution in [2.45, 2.75) is 31.7 Å². The van der Waals surface area contributed by atoms with E-state index in [2.05, 4.69) is 5.32 Å². The maximum atomic E-state index is 12.3. The molecule has 0 unspecified atom stereocenters. The number of carboxylic acids is 1. The molecule has 0 bridgehead atoms. The number of hydrogen-bond acceptors (Lipinski definition) is 3. The van der Waals surface area contributed by atoms with Crippen molar-refractivity contribution < 1.29 is 14.7 Å². The van der Waals surface area contributed by atoms with Crippen molar-refractivity contribution >= 4 is 22.6 Å². The molecule has 0 aliphatic carbocycles. The lowest BCUT2D eigenvalue weighted by molar-refractivity contribution is -0.139. The molecule has 0 aromatic heterocycles. The summed E-state index contributed by atoms with van der Waals surface area (Å²) in [7, 11) is 0. The Hall–Kier alpha value is -2.87. The first kappa shape index (κ1) is 16.5. The molecular weight excluding hydrogens is 292 g/mol. The summed E-state index contributed by atoms with van der Waals surface area (Å²) >= 11 is 0. The fourth-order valence-corrected chi connectivity index (χ4v) is 2.38. The molecule has 0 fully saturated rings. The number of fused-ring (bicyclic) bond motifs is 1. The molecule has 0 saturated carbocycles. The van der Waals surface area contributed by atoms with Crippen molar-refractivity contribution in [3.63, 3.8) is 0 Å². The van der Waals surface area contributed by atoms with E-state index in [0.29, 0.717) is 31.2 Å². The zero-order valence-electron chi connectivity index (χ0n) is 12.7. The second kappa shape index (κ2) is 7.95. The highest BCUT2D eigenvalue weighted by Gasteiger charge is 2.20. The predicted molar refractivity (Wildman–Crippen MR) is 86.9 cm³/mol. The number of aliphatic carboxylic acids is 1. The van der Waals surface area contributed by atoms with Crippen LogP contribution in [0.4, 0.5) is 0 Å². The fraction of sp³-hybridized carbons (Fsp3) is 0.278. The number of carbonyl (C=O) groups excluding carboxylic acids is 1. The highest BCUT2D eigenvalue weighted by Crippen LogP contribution is 2.16. The van der Waals surface area contributed by atoms with E-state index >= 15 is 0 Å². The highest BCUT2D eigenvalue weighted by molar-refractivity contribution is 6.00. The summed E-state index contributed by atoms with van der Waals surface area (Å²) in [6.07, 6.45) is 1.93. The van der Waals surface area contributed by atoms with Gasteiger partial charge in [0.15, 0.2) is 0 Å². The van der Waals surface area contributed by atoms with E-state index in [1.807, 2.05) is 36.4 Å². The first-order valence-corrected chi connectivity index (χ1v) is 7.51. The lowest BCUT2D eigenvalue weighted by Crippen LogP contribution is -2.40. The third-order valence-electron chi connectivity index (χ3n) is 3.65. The number of carbonyl (C=O) groups is 2. The van der Waals surface area contributed by atoms with E-state index in [4.69, 9.17) is 5.26 Å². The van der Waals surface area contributed by atoms with Crippen LogP contribution in [0.1, 0.15) is 36.0 Å². The molecule has 0 radical (unpaired) electrons. The van der Waals surface area contributed by atoms with Gasteiger partial charge in [0, 0.05) is 12.0 Å². The fourth-order valence-electron chi connectivity index (χ4n) is 2.38. The van der Waals surface area contributed by atoms with Gasteiger partial charge >= 0.3 is 5.97 Å². The lowest BCUT2D eigenvalue weighted by Gasteiger charge is -2.14. The first-order chi connectivity index (χ1) is 11.1. The van der Waals surface area contributed by atoms with E-state index in [1.165, 1.54) is 0 Å². The van der Waals surface area contributed by atoms with Crippen LogP contribution in [0.25, 0.3) is 10.8 Å². The van der Waals surface area contributed by atoms with Gasteiger partial charge in [0.2, 0.25) is 0 Å². The summed E-state index contributed by atoms with van der Waals surface area (Å²) in [5.74, 6) is -1.46. The number of hydrogen-bond donors (Lipinski definition) is 2. The Bertz CT molecular complexity index is 749. The Morgan fingerprint density at radius 3 is 2.57 bits per heavy atom. The second-order valence-corrected chi connectivity index (χ2v) is 5.33. The molecule has 23 heavy (non-hydrogen) atoms. The lowest BCUT2D eigenvalue weighted by atomic mass is 10.1. The van der Waals surface area contributed by atoms with Gasteiger partial charge in [0.05, 0.1) is 6.07 Å². The van der Waals surface area contributed by atoms with Crippen LogP contribution in [0.5, 0.6) is 0 Å². The minimum Gasteiger partial charge on any atom is -0.480 e. The Morgan fingerprint density at radius 2 is 1.87 bits per heavy atom. The van der Waals surface area contributed by atoms with Gasteiger partial charge in [-0.1, -0.05) is 30.3 Å². The van der Waals surface area contributed by atoms with Crippen molar-refractivity contribution in [2.24, 2.45) is 0 Å². The smallest absolute Gasteiger partial charge is 0.326 e. The van der Waals surface area contributed by atoms with Crippen LogP contribution >= 0.6 is 0 Å². The highest BCUT2D eigenvalue weighted by atomic mass is 16.4. The monoisotopic (exact) mass is 310 g/mol. The van der Waals surface area contributed by atoms with Gasteiger partial charge in [0.1, 0.15) is 6.04 Å². The molecule has 2 N–H and O–H groups in total. The number of benzene rings is 2. The summed E-state index contributed by atoms with van der Waals surface area (Å²) in [5, 5.41) is 22.2. The van der Waals surface area contributed by atoms with Gasteiger partial charge in [-0.25, -0.2) is 4.79 Å². The number of nitriles is 1. The Balaban J connectivity index is 2.04. The van der Waals surface area contributed by atoms with Crippen LogP contribution in [-0.2, 0) is 4.79 Å². The standard InChI is InChI=1S/C18H18N2O3/c19-11-5-1-2-8-16(18(22)23)20-17(21)15-10-9-13-6-3-4-7-14(13)12-15/h3-4,6-7,9-10,12,16H,1-2,5,8H2,(H,20,21)(H,22,23)/t16-/m1/s1. The number of carboxylic acid groups (broad SMARTS) is 1. The molecule has 1 amide bonds. The average Bonchev–Trinajstić information content (AvgIpc) is 2.56. The topological polar surface area (TPSA) is 90.2 Å². The Kier molecular flexibility index (Phi) is 5.70. The minimum absolute atomic E-state index is 0.316. The average molecular weight is 310 g/mol. The van der Waals surface area contributed by atoms with E-state index in [1.54, 1.807) is 12.1 Å².